The molecule has 0 aromatic carbocycles. The van der Waals surface area contributed by atoms with E-state index >= 15 is 0 Å². The van der Waals surface area contributed by atoms with Crippen LogP contribution < -0.4 is 10.6 Å². The lowest BCUT2D eigenvalue weighted by atomic mass is 10.3. The van der Waals surface area contributed by atoms with Crippen molar-refractivity contribution in [3.8, 4) is 6.07 Å². The predicted octanol–water partition coefficient (Wildman–Crippen LogP) is -0.0984. The number of nitrogens with one attached hydrogen (secondary N) is 2. The topological polar surface area (TPSA) is 91.2 Å². The Morgan fingerprint density at radius 1 is 1.53 bits per heavy atom. The van der Waals surface area contributed by atoms with E-state index in [-0.39, 0.29) is 12.1 Å². The highest BCUT2D eigenvalue weighted by atomic mass is 35.5. The largest absolute Gasteiger partial charge is 0.468 e. The van der Waals surface area contributed by atoms with Gasteiger partial charge in [0, 0.05) is 18.6 Å². The van der Waals surface area contributed by atoms with Gasteiger partial charge in [0.1, 0.15) is 18.2 Å². The summed E-state index contributed by atoms with van der Waals surface area (Å²) in [7, 11) is 1.25. The second kappa shape index (κ2) is 9.48. The highest BCUT2D eigenvalue weighted by molar-refractivity contribution is 6.17. The summed E-state index contributed by atoms with van der Waals surface area (Å²) in [6.45, 7) is 0.301. The fraction of sp³-hybridized carbons (Fsp3) is 0.500. The molecule has 17 heavy (non-hydrogen) atoms. The Balaban J connectivity index is 4.12. The van der Waals surface area contributed by atoms with Crippen LogP contribution in [0.5, 0.6) is 0 Å². The van der Waals surface area contributed by atoms with Gasteiger partial charge in [-0.3, -0.25) is 9.59 Å². The van der Waals surface area contributed by atoms with Gasteiger partial charge in [-0.15, -0.1) is 11.6 Å². The zero-order chi connectivity index (χ0) is 13.1. The van der Waals surface area contributed by atoms with Crippen molar-refractivity contribution >= 4 is 23.5 Å². The molecule has 0 fully saturated rings. The maximum Gasteiger partial charge on any atom is 0.325 e. The van der Waals surface area contributed by atoms with Gasteiger partial charge in [0.2, 0.25) is 0 Å². The van der Waals surface area contributed by atoms with Crippen LogP contribution in [0.15, 0.2) is 11.8 Å². The van der Waals surface area contributed by atoms with Gasteiger partial charge in [-0.2, -0.15) is 5.26 Å². The van der Waals surface area contributed by atoms with E-state index in [1.54, 1.807) is 6.07 Å². The van der Waals surface area contributed by atoms with Crippen LogP contribution in [0.2, 0.25) is 0 Å². The molecule has 0 aliphatic heterocycles. The fourth-order valence-corrected chi connectivity index (χ4v) is 0.955. The van der Waals surface area contributed by atoms with Gasteiger partial charge in [0.05, 0.1) is 7.11 Å². The first-order valence-electron chi connectivity index (χ1n) is 4.90. The van der Waals surface area contributed by atoms with Crippen LogP contribution in [0, 0.1) is 11.3 Å². The quantitative estimate of drug-likeness (QED) is 0.219. The zero-order valence-electron chi connectivity index (χ0n) is 9.46. The average Bonchev–Trinajstić information content (AvgIpc) is 2.34. The Kier molecular flexibility index (Phi) is 8.51. The third kappa shape index (κ3) is 7.19. The second-order valence-electron chi connectivity index (χ2n) is 2.93. The molecule has 0 unspecified atom stereocenters. The van der Waals surface area contributed by atoms with Crippen LogP contribution in [0.3, 0.4) is 0 Å². The molecule has 0 rings (SSSR count). The molecule has 0 saturated heterocycles. The summed E-state index contributed by atoms with van der Waals surface area (Å²) in [5, 5.41) is 13.7. The summed E-state index contributed by atoms with van der Waals surface area (Å²) in [6.07, 6.45) is 1.80. The standard InChI is InChI=1S/C10H14ClN3O3/c1-17-9(15)7-13-6-8(5-12)10(16)14-4-2-3-11/h6,13H,2-4,7H2,1H3,(H,14,16)/b8-6-. The molecule has 0 aliphatic rings. The summed E-state index contributed by atoms with van der Waals surface area (Å²) in [5.41, 5.74) is -0.108. The minimum absolute atomic E-state index is 0.101. The summed E-state index contributed by atoms with van der Waals surface area (Å²) in [5.74, 6) is -0.553. The summed E-state index contributed by atoms with van der Waals surface area (Å²) in [4.78, 5) is 22.1. The lowest BCUT2D eigenvalue weighted by Gasteiger charge is -2.03. The number of carbonyl (C=O) groups excluding carboxylic acids is 2. The minimum atomic E-state index is -0.505. The van der Waals surface area contributed by atoms with Gasteiger partial charge < -0.3 is 15.4 Å². The van der Waals surface area contributed by atoms with Crippen molar-refractivity contribution in [3.05, 3.63) is 11.8 Å². The van der Waals surface area contributed by atoms with Gasteiger partial charge in [-0.1, -0.05) is 0 Å². The van der Waals surface area contributed by atoms with E-state index in [0.717, 1.165) is 0 Å². The maximum atomic E-state index is 11.4. The van der Waals surface area contributed by atoms with E-state index in [4.69, 9.17) is 16.9 Å². The van der Waals surface area contributed by atoms with Crippen LogP contribution in [0.25, 0.3) is 0 Å². The summed E-state index contributed by atoms with van der Waals surface area (Å²) in [6, 6.07) is 1.72. The zero-order valence-corrected chi connectivity index (χ0v) is 10.2. The van der Waals surface area contributed by atoms with Gasteiger partial charge in [0.25, 0.3) is 5.91 Å². The SMILES string of the molecule is COC(=O)CN/C=C(/C#N)C(=O)NCCCCl. The van der Waals surface area contributed by atoms with Gasteiger partial charge in [-0.05, 0) is 6.42 Å². The van der Waals surface area contributed by atoms with Crippen molar-refractivity contribution in [3.63, 3.8) is 0 Å². The molecule has 0 radical (unpaired) electrons. The number of alkyl halides is 1. The number of rotatable bonds is 7. The Labute approximate surface area is 105 Å². The smallest absolute Gasteiger partial charge is 0.325 e. The molecule has 1 amide bonds. The maximum absolute atomic E-state index is 11.4. The highest BCUT2D eigenvalue weighted by Gasteiger charge is 2.07. The molecule has 0 saturated carbocycles. The lowest BCUT2D eigenvalue weighted by Crippen LogP contribution is -2.27. The molecule has 0 spiro atoms. The van der Waals surface area contributed by atoms with Crippen LogP contribution in [0.4, 0.5) is 0 Å². The van der Waals surface area contributed by atoms with E-state index in [1.807, 2.05) is 0 Å². The molecular weight excluding hydrogens is 246 g/mol. The van der Waals surface area contributed by atoms with Crippen molar-refractivity contribution in [2.45, 2.75) is 6.42 Å². The number of halogens is 1. The number of ether oxygens (including phenoxy) is 1. The van der Waals surface area contributed by atoms with Crippen molar-refractivity contribution in [2.24, 2.45) is 0 Å². The van der Waals surface area contributed by atoms with Crippen LogP contribution in [-0.2, 0) is 14.3 Å². The number of carbonyl (C=O) groups is 2. The van der Waals surface area contributed by atoms with Crippen molar-refractivity contribution in [1.29, 1.82) is 5.26 Å². The molecular formula is C10H14ClN3O3. The Morgan fingerprint density at radius 2 is 2.24 bits per heavy atom. The molecule has 7 heteroatoms. The summed E-state index contributed by atoms with van der Waals surface area (Å²) >= 11 is 5.44. The van der Waals surface area contributed by atoms with E-state index in [1.165, 1.54) is 13.3 Å². The summed E-state index contributed by atoms with van der Waals surface area (Å²) < 4.78 is 4.38. The number of nitrogens with zero attached hydrogens (tertiary/aromatic N) is 1. The molecule has 6 nitrogen and oxygen atoms in total. The first-order valence-corrected chi connectivity index (χ1v) is 5.43. The predicted molar refractivity (Wildman–Crippen MR) is 62.1 cm³/mol. The van der Waals surface area contributed by atoms with Crippen LogP contribution >= 0.6 is 11.6 Å². The Hall–Kier alpha value is -1.74. The highest BCUT2D eigenvalue weighted by Crippen LogP contribution is 1.91. The fourth-order valence-electron chi connectivity index (χ4n) is 0.821. The first-order chi connectivity index (χ1) is 8.15. The second-order valence-corrected chi connectivity index (χ2v) is 3.30. The van der Waals surface area contributed by atoms with Gasteiger partial charge >= 0.3 is 5.97 Å². The van der Waals surface area contributed by atoms with E-state index in [0.29, 0.717) is 18.8 Å². The number of hydrogen-bond acceptors (Lipinski definition) is 5. The third-order valence-electron chi connectivity index (χ3n) is 1.68. The molecule has 0 heterocycles. The van der Waals surface area contributed by atoms with Crippen LogP contribution in [0.1, 0.15) is 6.42 Å². The van der Waals surface area contributed by atoms with Crippen molar-refractivity contribution in [2.75, 3.05) is 26.1 Å². The van der Waals surface area contributed by atoms with E-state index < -0.39 is 11.9 Å². The number of methoxy groups -OCH3 is 1. The molecule has 0 bridgehead atoms. The van der Waals surface area contributed by atoms with E-state index in [2.05, 4.69) is 15.4 Å². The number of hydrogen-bond donors (Lipinski definition) is 2. The molecule has 94 valence electrons. The molecule has 0 aromatic rings. The Bertz CT molecular complexity index is 336. The Morgan fingerprint density at radius 3 is 2.76 bits per heavy atom. The first kappa shape index (κ1) is 15.3. The van der Waals surface area contributed by atoms with Crippen molar-refractivity contribution < 1.29 is 14.3 Å². The van der Waals surface area contributed by atoms with Crippen molar-refractivity contribution in [1.82, 2.24) is 10.6 Å². The average molecular weight is 260 g/mol. The molecule has 2 N–H and O–H groups in total. The van der Waals surface area contributed by atoms with Gasteiger partial charge in [-0.25, -0.2) is 0 Å². The molecule has 0 aromatic heterocycles. The van der Waals surface area contributed by atoms with Crippen LogP contribution in [-0.4, -0.2) is 38.0 Å². The molecule has 0 aliphatic carbocycles. The van der Waals surface area contributed by atoms with Gasteiger partial charge in [0.15, 0.2) is 0 Å². The molecule has 0 atom stereocenters. The monoisotopic (exact) mass is 259 g/mol. The normalized spacial score (nSPS) is 10.3. The number of nitriles is 1. The minimum Gasteiger partial charge on any atom is -0.468 e. The van der Waals surface area contributed by atoms with E-state index in [9.17, 15) is 9.59 Å². The third-order valence-corrected chi connectivity index (χ3v) is 1.95. The number of amides is 1. The lowest BCUT2D eigenvalue weighted by molar-refractivity contribution is -0.139. The number of esters is 1.